The molecule has 1 saturated heterocycles. The Morgan fingerprint density at radius 3 is 2.69 bits per heavy atom. The maximum atomic E-state index is 13.3. The van der Waals surface area contributed by atoms with E-state index in [2.05, 4.69) is 20.9 Å². The maximum Gasteiger partial charge on any atom is 0.319 e. The first-order valence-electron chi connectivity index (χ1n) is 10.2. The van der Waals surface area contributed by atoms with E-state index in [1.54, 1.807) is 25.3 Å². The third-order valence-electron chi connectivity index (χ3n) is 5.08. The van der Waals surface area contributed by atoms with E-state index in [4.69, 9.17) is 0 Å². The van der Waals surface area contributed by atoms with Crippen molar-refractivity contribution in [1.29, 1.82) is 0 Å². The van der Waals surface area contributed by atoms with Crippen LogP contribution >= 0.6 is 0 Å². The molecule has 1 aliphatic heterocycles. The number of hydrogen-bond acceptors (Lipinski definition) is 4. The van der Waals surface area contributed by atoms with Gasteiger partial charge in [-0.15, -0.1) is 0 Å². The lowest BCUT2D eigenvalue weighted by Gasteiger charge is -2.33. The van der Waals surface area contributed by atoms with Crippen molar-refractivity contribution in [2.45, 2.75) is 44.8 Å². The van der Waals surface area contributed by atoms with E-state index >= 15 is 0 Å². The number of benzene rings is 1. The largest absolute Gasteiger partial charge is 0.332 e. The molecule has 0 bridgehead atoms. The van der Waals surface area contributed by atoms with Crippen LogP contribution in [0.2, 0.25) is 0 Å². The van der Waals surface area contributed by atoms with Crippen LogP contribution < -0.4 is 16.0 Å². The van der Waals surface area contributed by atoms with Gasteiger partial charge in [0.1, 0.15) is 6.04 Å². The molecule has 1 fully saturated rings. The molecular formula is C22H29N5O2. The van der Waals surface area contributed by atoms with Crippen molar-refractivity contribution in [2.24, 2.45) is 0 Å². The average Bonchev–Trinajstić information content (AvgIpc) is 3.02. The Bertz CT molecular complexity index is 776. The van der Waals surface area contributed by atoms with E-state index < -0.39 is 12.1 Å². The Morgan fingerprint density at radius 2 is 1.93 bits per heavy atom. The highest BCUT2D eigenvalue weighted by Gasteiger charge is 2.29. The van der Waals surface area contributed by atoms with Gasteiger partial charge >= 0.3 is 6.03 Å². The fraction of sp³-hybridized carbons (Fsp3) is 0.409. The molecule has 1 aromatic heterocycles. The first-order chi connectivity index (χ1) is 14.1. The lowest BCUT2D eigenvalue weighted by atomic mass is 10.1. The second-order valence-corrected chi connectivity index (χ2v) is 7.31. The zero-order valence-corrected chi connectivity index (χ0v) is 16.8. The molecule has 154 valence electrons. The third kappa shape index (κ3) is 6.29. The molecule has 7 heteroatoms. The molecule has 0 aliphatic carbocycles. The van der Waals surface area contributed by atoms with Crippen molar-refractivity contribution in [3.63, 3.8) is 0 Å². The molecule has 0 radical (unpaired) electrons. The predicted molar refractivity (Wildman–Crippen MR) is 113 cm³/mol. The van der Waals surface area contributed by atoms with Crippen LogP contribution in [-0.2, 0) is 11.3 Å². The van der Waals surface area contributed by atoms with Crippen molar-refractivity contribution in [3.05, 3.63) is 60.4 Å². The lowest BCUT2D eigenvalue weighted by Crippen LogP contribution is -2.51. The van der Waals surface area contributed by atoms with Gasteiger partial charge in [-0.25, -0.2) is 4.79 Å². The highest BCUT2D eigenvalue weighted by molar-refractivity contribution is 5.93. The topological polar surface area (TPSA) is 86.4 Å². The van der Waals surface area contributed by atoms with Gasteiger partial charge < -0.3 is 20.9 Å². The molecule has 29 heavy (non-hydrogen) atoms. The number of nitrogens with one attached hydrogen (secondary N) is 3. The van der Waals surface area contributed by atoms with E-state index in [9.17, 15) is 9.59 Å². The van der Waals surface area contributed by atoms with Crippen molar-refractivity contribution < 1.29 is 9.59 Å². The SMILES string of the molecule is CC(NC(=O)Nc1ccccc1)C(=O)N(Cc1ccccn1)C1CCCNCC1. The van der Waals surface area contributed by atoms with Crippen LogP contribution in [0.25, 0.3) is 0 Å². The summed E-state index contributed by atoms with van der Waals surface area (Å²) in [6.07, 6.45) is 4.59. The van der Waals surface area contributed by atoms with Gasteiger partial charge in [0.2, 0.25) is 5.91 Å². The molecule has 1 aromatic carbocycles. The average molecular weight is 396 g/mol. The summed E-state index contributed by atoms with van der Waals surface area (Å²) < 4.78 is 0. The second kappa shape index (κ2) is 10.6. The smallest absolute Gasteiger partial charge is 0.319 e. The molecule has 2 unspecified atom stereocenters. The lowest BCUT2D eigenvalue weighted by molar-refractivity contribution is -0.136. The Morgan fingerprint density at radius 1 is 1.14 bits per heavy atom. The van der Waals surface area contributed by atoms with Gasteiger partial charge in [0.05, 0.1) is 12.2 Å². The quantitative estimate of drug-likeness (QED) is 0.702. The van der Waals surface area contributed by atoms with E-state index in [-0.39, 0.29) is 11.9 Å². The van der Waals surface area contributed by atoms with Crippen molar-refractivity contribution in [3.8, 4) is 0 Å². The maximum absolute atomic E-state index is 13.3. The van der Waals surface area contributed by atoms with Gasteiger partial charge in [0.15, 0.2) is 0 Å². The summed E-state index contributed by atoms with van der Waals surface area (Å²) in [5.74, 6) is -0.0919. The highest BCUT2D eigenvalue weighted by Crippen LogP contribution is 2.18. The van der Waals surface area contributed by atoms with E-state index in [0.717, 1.165) is 38.0 Å². The minimum atomic E-state index is -0.640. The van der Waals surface area contributed by atoms with Crippen molar-refractivity contribution in [2.75, 3.05) is 18.4 Å². The molecule has 2 heterocycles. The van der Waals surface area contributed by atoms with Gasteiger partial charge in [-0.05, 0) is 63.5 Å². The number of carbonyl (C=O) groups is 2. The third-order valence-corrected chi connectivity index (χ3v) is 5.08. The molecule has 0 saturated carbocycles. The number of rotatable bonds is 6. The minimum absolute atomic E-state index is 0.0919. The summed E-state index contributed by atoms with van der Waals surface area (Å²) in [7, 11) is 0. The normalized spacial score (nSPS) is 17.6. The van der Waals surface area contributed by atoms with Crippen molar-refractivity contribution in [1.82, 2.24) is 20.5 Å². The van der Waals surface area contributed by atoms with Gasteiger partial charge in [0, 0.05) is 17.9 Å². The number of nitrogens with zero attached hydrogens (tertiary/aromatic N) is 2. The molecule has 3 amide bonds. The monoisotopic (exact) mass is 395 g/mol. The summed E-state index contributed by atoms with van der Waals surface area (Å²) in [6, 6.07) is 14.0. The van der Waals surface area contributed by atoms with Crippen LogP contribution in [0.4, 0.5) is 10.5 Å². The van der Waals surface area contributed by atoms with Crippen LogP contribution in [-0.4, -0.2) is 47.0 Å². The number of urea groups is 1. The van der Waals surface area contributed by atoms with Crippen LogP contribution in [0, 0.1) is 0 Å². The zero-order valence-electron chi connectivity index (χ0n) is 16.8. The number of hydrogen-bond donors (Lipinski definition) is 3. The minimum Gasteiger partial charge on any atom is -0.332 e. The van der Waals surface area contributed by atoms with Crippen molar-refractivity contribution >= 4 is 17.6 Å². The Hall–Kier alpha value is -2.93. The number of anilines is 1. The standard InChI is InChI=1S/C22H29N5O2/c1-17(25-22(29)26-18-8-3-2-4-9-18)21(28)27(16-19-10-5-6-14-24-19)20-11-7-13-23-15-12-20/h2-6,8-10,14,17,20,23H,7,11-13,15-16H2,1H3,(H2,25,26,29). The van der Waals surface area contributed by atoms with E-state index in [0.29, 0.717) is 12.2 Å². The predicted octanol–water partition coefficient (Wildman–Crippen LogP) is 2.76. The Labute approximate surface area is 171 Å². The Balaban J connectivity index is 1.67. The Kier molecular flexibility index (Phi) is 7.58. The molecule has 3 rings (SSSR count). The van der Waals surface area contributed by atoms with Gasteiger partial charge in [-0.1, -0.05) is 24.3 Å². The number of para-hydroxylation sites is 1. The number of aromatic nitrogens is 1. The van der Waals surface area contributed by atoms with Crippen LogP contribution in [0.3, 0.4) is 0 Å². The molecule has 0 spiro atoms. The molecule has 2 atom stereocenters. The van der Waals surface area contributed by atoms with Crippen LogP contribution in [0.5, 0.6) is 0 Å². The molecule has 7 nitrogen and oxygen atoms in total. The number of amides is 3. The van der Waals surface area contributed by atoms with Crippen LogP contribution in [0.15, 0.2) is 54.7 Å². The van der Waals surface area contributed by atoms with Crippen LogP contribution in [0.1, 0.15) is 31.9 Å². The van der Waals surface area contributed by atoms with Gasteiger partial charge in [-0.3, -0.25) is 9.78 Å². The fourth-order valence-electron chi connectivity index (χ4n) is 3.56. The highest BCUT2D eigenvalue weighted by atomic mass is 16.2. The number of carbonyl (C=O) groups excluding carboxylic acids is 2. The molecule has 1 aliphatic rings. The summed E-state index contributed by atoms with van der Waals surface area (Å²) in [4.78, 5) is 31.9. The molecular weight excluding hydrogens is 366 g/mol. The van der Waals surface area contributed by atoms with Gasteiger partial charge in [-0.2, -0.15) is 0 Å². The summed E-state index contributed by atoms with van der Waals surface area (Å²) >= 11 is 0. The molecule has 3 N–H and O–H groups in total. The van der Waals surface area contributed by atoms with E-state index in [1.807, 2.05) is 41.3 Å². The first-order valence-corrected chi connectivity index (χ1v) is 10.2. The van der Waals surface area contributed by atoms with Gasteiger partial charge in [0.25, 0.3) is 0 Å². The first kappa shape index (κ1) is 20.8. The zero-order chi connectivity index (χ0) is 20.5. The summed E-state index contributed by atoms with van der Waals surface area (Å²) in [5, 5.41) is 8.92. The fourth-order valence-corrected chi connectivity index (χ4v) is 3.56. The molecule has 2 aromatic rings. The van der Waals surface area contributed by atoms with E-state index in [1.165, 1.54) is 0 Å². The number of pyridine rings is 1. The summed E-state index contributed by atoms with van der Waals surface area (Å²) in [5.41, 5.74) is 1.53. The second-order valence-electron chi connectivity index (χ2n) is 7.31. The summed E-state index contributed by atoms with van der Waals surface area (Å²) in [6.45, 7) is 4.02.